The van der Waals surface area contributed by atoms with E-state index in [0.717, 1.165) is 13.0 Å². The molecule has 30 heavy (non-hydrogen) atoms. The molecule has 7 heteroatoms. The van der Waals surface area contributed by atoms with Crippen LogP contribution in [0.3, 0.4) is 0 Å². The topological polar surface area (TPSA) is 85.8 Å². The summed E-state index contributed by atoms with van der Waals surface area (Å²) in [5.74, 6) is 0.726. The van der Waals surface area contributed by atoms with E-state index in [1.165, 1.54) is 16.0 Å². The summed E-state index contributed by atoms with van der Waals surface area (Å²) in [7, 11) is 0. The average molecular weight is 408 g/mol. The van der Waals surface area contributed by atoms with Crippen LogP contribution < -0.4 is 16.0 Å². The number of urea groups is 1. The fourth-order valence-corrected chi connectivity index (χ4v) is 3.42. The van der Waals surface area contributed by atoms with Gasteiger partial charge in [0.15, 0.2) is 5.96 Å². The number of nitrogens with zero attached hydrogens (tertiary/aromatic N) is 2. The van der Waals surface area contributed by atoms with E-state index in [9.17, 15) is 9.59 Å². The second kappa shape index (κ2) is 11.0. The first-order valence-corrected chi connectivity index (χ1v) is 10.4. The monoisotopic (exact) mass is 407 g/mol. The zero-order valence-electron chi connectivity index (χ0n) is 17.3. The molecule has 3 amide bonds. The Hall–Kier alpha value is -3.35. The van der Waals surface area contributed by atoms with Crippen molar-refractivity contribution in [3.8, 4) is 0 Å². The summed E-state index contributed by atoms with van der Waals surface area (Å²) in [5.41, 5.74) is 2.53. The van der Waals surface area contributed by atoms with Gasteiger partial charge in [0.25, 0.3) is 0 Å². The minimum atomic E-state index is -0.337. The smallest absolute Gasteiger partial charge is 0.324 e. The van der Waals surface area contributed by atoms with Crippen LogP contribution in [0.15, 0.2) is 65.7 Å². The van der Waals surface area contributed by atoms with Crippen LogP contribution >= 0.6 is 0 Å². The van der Waals surface area contributed by atoms with Crippen molar-refractivity contribution in [2.45, 2.75) is 19.3 Å². The van der Waals surface area contributed by atoms with Gasteiger partial charge in [-0.15, -0.1) is 0 Å². The Labute approximate surface area is 177 Å². The molecule has 1 aliphatic heterocycles. The molecule has 1 atom stereocenters. The molecule has 0 bridgehead atoms. The Balaban J connectivity index is 1.64. The van der Waals surface area contributed by atoms with Gasteiger partial charge < -0.3 is 16.0 Å². The molecule has 2 aromatic rings. The van der Waals surface area contributed by atoms with E-state index in [0.29, 0.717) is 25.6 Å². The Morgan fingerprint density at radius 1 is 1.07 bits per heavy atom. The molecule has 0 spiro atoms. The standard InChI is InChI=1S/C23H29N5O2/c1-2-24-22(25-13-14-28-21(29)17-27-23(28)30)26-16-20(19-11-7-4-8-12-19)15-18-9-5-3-6-10-18/h3-12,20H,2,13-17H2,1H3,(H,27,30)(H2,24,25,26). The quantitative estimate of drug-likeness (QED) is 0.338. The molecule has 3 N–H and O–H groups in total. The first-order valence-electron chi connectivity index (χ1n) is 10.4. The number of nitrogens with one attached hydrogen (secondary N) is 3. The zero-order valence-corrected chi connectivity index (χ0v) is 17.3. The van der Waals surface area contributed by atoms with Gasteiger partial charge in [-0.1, -0.05) is 60.7 Å². The van der Waals surface area contributed by atoms with Crippen LogP contribution in [0.4, 0.5) is 4.79 Å². The van der Waals surface area contributed by atoms with Crippen LogP contribution in [-0.4, -0.2) is 55.5 Å². The van der Waals surface area contributed by atoms with Crippen molar-refractivity contribution >= 4 is 17.9 Å². The lowest BCUT2D eigenvalue weighted by molar-refractivity contribution is -0.124. The van der Waals surface area contributed by atoms with Gasteiger partial charge >= 0.3 is 6.03 Å². The molecule has 158 valence electrons. The summed E-state index contributed by atoms with van der Waals surface area (Å²) in [6, 6.07) is 20.5. The molecule has 2 aromatic carbocycles. The van der Waals surface area contributed by atoms with E-state index in [4.69, 9.17) is 4.99 Å². The molecule has 7 nitrogen and oxygen atoms in total. The average Bonchev–Trinajstić information content (AvgIpc) is 3.10. The molecule has 1 heterocycles. The number of amides is 3. The van der Waals surface area contributed by atoms with E-state index in [2.05, 4.69) is 64.5 Å². The maximum atomic E-state index is 11.7. The molecule has 0 aromatic heterocycles. The number of imide groups is 1. The van der Waals surface area contributed by atoms with Crippen LogP contribution in [0.1, 0.15) is 24.0 Å². The number of hydrogen-bond acceptors (Lipinski definition) is 3. The number of hydrogen-bond donors (Lipinski definition) is 3. The largest absolute Gasteiger partial charge is 0.357 e. The Kier molecular flexibility index (Phi) is 7.83. The lowest BCUT2D eigenvalue weighted by Crippen LogP contribution is -2.43. The highest BCUT2D eigenvalue weighted by Crippen LogP contribution is 2.21. The normalized spacial score (nSPS) is 15.1. The van der Waals surface area contributed by atoms with Crippen molar-refractivity contribution < 1.29 is 9.59 Å². The van der Waals surface area contributed by atoms with Gasteiger partial charge in [0.2, 0.25) is 5.91 Å². The van der Waals surface area contributed by atoms with Crippen molar-refractivity contribution in [3.63, 3.8) is 0 Å². The number of benzene rings is 2. The van der Waals surface area contributed by atoms with Crippen LogP contribution in [0.5, 0.6) is 0 Å². The van der Waals surface area contributed by atoms with E-state index >= 15 is 0 Å². The molecule has 1 unspecified atom stereocenters. The molecule has 1 saturated heterocycles. The molecule has 1 aliphatic rings. The Bertz CT molecular complexity index is 838. The SMILES string of the molecule is CCNC(=NCC(Cc1ccccc1)c1ccccc1)NCCN1C(=O)CNC1=O. The maximum absolute atomic E-state index is 11.7. The third-order valence-corrected chi connectivity index (χ3v) is 4.97. The fourth-order valence-electron chi connectivity index (χ4n) is 3.42. The molecular formula is C23H29N5O2. The van der Waals surface area contributed by atoms with Crippen molar-refractivity contribution in [2.24, 2.45) is 4.99 Å². The van der Waals surface area contributed by atoms with Crippen LogP contribution in [-0.2, 0) is 11.2 Å². The summed E-state index contributed by atoms with van der Waals surface area (Å²) in [4.78, 5) is 29.4. The lowest BCUT2D eigenvalue weighted by atomic mass is 9.92. The van der Waals surface area contributed by atoms with Crippen LogP contribution in [0.25, 0.3) is 0 Å². The fraction of sp³-hybridized carbons (Fsp3) is 0.348. The highest BCUT2D eigenvalue weighted by atomic mass is 16.2. The molecule has 0 aliphatic carbocycles. The number of rotatable bonds is 9. The maximum Gasteiger partial charge on any atom is 0.324 e. The molecular weight excluding hydrogens is 378 g/mol. The van der Waals surface area contributed by atoms with Crippen molar-refractivity contribution in [1.29, 1.82) is 0 Å². The predicted molar refractivity (Wildman–Crippen MR) is 118 cm³/mol. The molecule has 0 radical (unpaired) electrons. The minimum absolute atomic E-state index is 0.0746. The Morgan fingerprint density at radius 3 is 2.40 bits per heavy atom. The van der Waals surface area contributed by atoms with Crippen molar-refractivity contribution in [3.05, 3.63) is 71.8 Å². The van der Waals surface area contributed by atoms with E-state index in [-0.39, 0.29) is 24.4 Å². The number of aliphatic imine (C=N–C) groups is 1. The number of carbonyl (C=O) groups is 2. The summed E-state index contributed by atoms with van der Waals surface area (Å²) in [5, 5.41) is 8.99. The van der Waals surface area contributed by atoms with Gasteiger partial charge in [-0.3, -0.25) is 14.7 Å². The zero-order chi connectivity index (χ0) is 21.2. The minimum Gasteiger partial charge on any atom is -0.357 e. The molecule has 0 saturated carbocycles. The van der Waals surface area contributed by atoms with Gasteiger partial charge in [-0.25, -0.2) is 4.79 Å². The first-order chi connectivity index (χ1) is 14.7. The molecule has 1 fully saturated rings. The van der Waals surface area contributed by atoms with Gasteiger partial charge in [0.05, 0.1) is 6.54 Å². The summed E-state index contributed by atoms with van der Waals surface area (Å²) >= 11 is 0. The van der Waals surface area contributed by atoms with Gasteiger partial charge in [0, 0.05) is 32.1 Å². The highest BCUT2D eigenvalue weighted by molar-refractivity contribution is 6.01. The van der Waals surface area contributed by atoms with E-state index in [1.807, 2.05) is 19.1 Å². The summed E-state index contributed by atoms with van der Waals surface area (Å²) < 4.78 is 0. The summed E-state index contributed by atoms with van der Waals surface area (Å²) in [6.07, 6.45) is 0.899. The predicted octanol–water partition coefficient (Wildman–Crippen LogP) is 2.12. The van der Waals surface area contributed by atoms with Crippen molar-refractivity contribution in [2.75, 3.05) is 32.7 Å². The Morgan fingerprint density at radius 2 is 1.77 bits per heavy atom. The van der Waals surface area contributed by atoms with Gasteiger partial charge in [0.1, 0.15) is 0 Å². The third kappa shape index (κ3) is 6.07. The first kappa shape index (κ1) is 21.4. The van der Waals surface area contributed by atoms with Crippen molar-refractivity contribution in [1.82, 2.24) is 20.9 Å². The number of carbonyl (C=O) groups excluding carboxylic acids is 2. The second-order valence-corrected chi connectivity index (χ2v) is 7.15. The highest BCUT2D eigenvalue weighted by Gasteiger charge is 2.27. The lowest BCUT2D eigenvalue weighted by Gasteiger charge is -2.18. The third-order valence-electron chi connectivity index (χ3n) is 4.97. The van der Waals surface area contributed by atoms with Crippen LogP contribution in [0.2, 0.25) is 0 Å². The molecule has 3 rings (SSSR count). The number of guanidine groups is 1. The van der Waals surface area contributed by atoms with Crippen LogP contribution in [0, 0.1) is 0 Å². The van der Waals surface area contributed by atoms with E-state index < -0.39 is 0 Å². The van der Waals surface area contributed by atoms with Gasteiger partial charge in [-0.05, 0) is 24.5 Å². The van der Waals surface area contributed by atoms with E-state index in [1.54, 1.807) is 0 Å². The van der Waals surface area contributed by atoms with Gasteiger partial charge in [-0.2, -0.15) is 0 Å². The summed E-state index contributed by atoms with van der Waals surface area (Å²) in [6.45, 7) is 4.18. The second-order valence-electron chi connectivity index (χ2n) is 7.15.